The summed E-state index contributed by atoms with van der Waals surface area (Å²) < 4.78 is 15.6. The monoisotopic (exact) mass is 378 g/mol. The van der Waals surface area contributed by atoms with Gasteiger partial charge in [-0.05, 0) is 32.4 Å². The Labute approximate surface area is 158 Å². The Morgan fingerprint density at radius 1 is 1.15 bits per heavy atom. The van der Waals surface area contributed by atoms with E-state index in [0.717, 1.165) is 0 Å². The number of rotatable bonds is 6. The summed E-state index contributed by atoms with van der Waals surface area (Å²) in [6.07, 6.45) is -0.342. The van der Waals surface area contributed by atoms with Crippen LogP contribution >= 0.6 is 0 Å². The van der Waals surface area contributed by atoms with Gasteiger partial charge in [-0.25, -0.2) is 0 Å². The maximum Gasteiger partial charge on any atom is 0.317 e. The van der Waals surface area contributed by atoms with Gasteiger partial charge in [0.2, 0.25) is 0 Å². The van der Waals surface area contributed by atoms with Crippen LogP contribution in [-0.4, -0.2) is 48.8 Å². The number of carbonyl (C=O) groups excluding carboxylic acids is 3. The summed E-state index contributed by atoms with van der Waals surface area (Å²) in [4.78, 5) is 38.1. The third-order valence-electron chi connectivity index (χ3n) is 4.85. The van der Waals surface area contributed by atoms with Crippen molar-refractivity contribution < 1.29 is 33.7 Å². The van der Waals surface area contributed by atoms with Crippen LogP contribution in [0.15, 0.2) is 24.3 Å². The molecule has 1 aliphatic carbocycles. The van der Waals surface area contributed by atoms with Gasteiger partial charge in [0.25, 0.3) is 0 Å². The van der Waals surface area contributed by atoms with E-state index >= 15 is 0 Å². The minimum Gasteiger partial charge on any atom is -0.496 e. The third kappa shape index (κ3) is 4.13. The number of ether oxygens (including phenoxy) is 3. The van der Waals surface area contributed by atoms with Crippen molar-refractivity contribution in [2.45, 2.75) is 38.7 Å². The molecule has 7 heteroatoms. The molecule has 1 fully saturated rings. The largest absolute Gasteiger partial charge is 0.496 e. The van der Waals surface area contributed by atoms with Crippen molar-refractivity contribution in [2.24, 2.45) is 11.8 Å². The molecular weight excluding hydrogens is 352 g/mol. The number of hydrogen-bond donors (Lipinski definition) is 1. The molecule has 148 valence electrons. The fraction of sp³-hybridized carbons (Fsp3) is 0.550. The lowest BCUT2D eigenvalue weighted by Gasteiger charge is -2.43. The second kappa shape index (κ2) is 8.52. The number of esters is 2. The highest BCUT2D eigenvalue weighted by molar-refractivity contribution is 6.03. The Morgan fingerprint density at radius 2 is 1.74 bits per heavy atom. The number of aliphatic hydroxyl groups is 1. The fourth-order valence-corrected chi connectivity index (χ4v) is 3.80. The van der Waals surface area contributed by atoms with Crippen LogP contribution < -0.4 is 4.74 Å². The zero-order chi connectivity index (χ0) is 20.2. The Hall–Kier alpha value is -2.41. The van der Waals surface area contributed by atoms with Crippen LogP contribution in [0, 0.1) is 11.8 Å². The first kappa shape index (κ1) is 20.9. The van der Waals surface area contributed by atoms with Gasteiger partial charge in [0, 0.05) is 12.3 Å². The van der Waals surface area contributed by atoms with Gasteiger partial charge in [0.05, 0.1) is 31.8 Å². The number of hydrogen-bond acceptors (Lipinski definition) is 7. The molecule has 4 atom stereocenters. The predicted molar refractivity (Wildman–Crippen MR) is 96.2 cm³/mol. The Balaban J connectivity index is 2.67. The van der Waals surface area contributed by atoms with E-state index in [9.17, 15) is 19.5 Å². The first-order valence-electron chi connectivity index (χ1n) is 8.99. The quantitative estimate of drug-likeness (QED) is 0.596. The second-order valence-electron chi connectivity index (χ2n) is 6.73. The molecule has 27 heavy (non-hydrogen) atoms. The molecule has 1 aliphatic rings. The van der Waals surface area contributed by atoms with Crippen LogP contribution in [0.25, 0.3) is 0 Å². The number of para-hydroxylation sites is 1. The number of carbonyl (C=O) groups is 3. The molecule has 2 rings (SSSR count). The van der Waals surface area contributed by atoms with Crippen molar-refractivity contribution in [3.05, 3.63) is 29.8 Å². The zero-order valence-electron chi connectivity index (χ0n) is 16.1. The highest BCUT2D eigenvalue weighted by atomic mass is 16.5. The Kier molecular flexibility index (Phi) is 6.59. The summed E-state index contributed by atoms with van der Waals surface area (Å²) in [5.74, 6) is -4.76. The standard InChI is InChI=1S/C20H26O7/c1-5-26-18(22)16-13(21)11-20(3,24)17(19(23)27-6-2)15(16)12-9-7-8-10-14(12)25-4/h7-10,15-17,24H,5-6,11H2,1-4H3/t15-,16+,17-,20-/m1/s1. The lowest BCUT2D eigenvalue weighted by atomic mass is 9.61. The first-order valence-corrected chi connectivity index (χ1v) is 8.99. The molecule has 7 nitrogen and oxygen atoms in total. The summed E-state index contributed by atoms with van der Waals surface area (Å²) in [5.41, 5.74) is -1.19. The molecule has 1 aromatic carbocycles. The highest BCUT2D eigenvalue weighted by Gasteiger charge is 2.57. The SMILES string of the molecule is CCOC(=O)[C@H]1C(=O)C[C@@](C)(O)[C@@H](C(=O)OCC)[C@@H]1c1ccccc1OC. The van der Waals surface area contributed by atoms with E-state index in [4.69, 9.17) is 14.2 Å². The van der Waals surface area contributed by atoms with E-state index < -0.39 is 41.1 Å². The molecule has 1 N–H and O–H groups in total. The number of Topliss-reactive ketones (excluding diaryl/α,β-unsaturated/α-hetero) is 1. The van der Waals surface area contributed by atoms with Crippen molar-refractivity contribution in [3.8, 4) is 5.75 Å². The van der Waals surface area contributed by atoms with Gasteiger partial charge < -0.3 is 19.3 Å². The van der Waals surface area contributed by atoms with Gasteiger partial charge in [-0.3, -0.25) is 14.4 Å². The van der Waals surface area contributed by atoms with Gasteiger partial charge in [-0.15, -0.1) is 0 Å². The number of benzene rings is 1. The van der Waals surface area contributed by atoms with Crippen LogP contribution in [0.4, 0.5) is 0 Å². The van der Waals surface area contributed by atoms with E-state index in [-0.39, 0.29) is 19.6 Å². The molecule has 1 aromatic rings. The van der Waals surface area contributed by atoms with Crippen LogP contribution in [0.2, 0.25) is 0 Å². The van der Waals surface area contributed by atoms with Gasteiger partial charge in [0.15, 0.2) is 5.78 Å². The number of ketones is 1. The van der Waals surface area contributed by atoms with E-state index in [2.05, 4.69) is 0 Å². The Morgan fingerprint density at radius 3 is 2.33 bits per heavy atom. The van der Waals surface area contributed by atoms with Gasteiger partial charge in [-0.1, -0.05) is 18.2 Å². The molecule has 0 unspecified atom stereocenters. The summed E-state index contributed by atoms with van der Waals surface area (Å²) in [6, 6.07) is 6.81. The maximum atomic E-state index is 12.8. The van der Waals surface area contributed by atoms with E-state index in [1.54, 1.807) is 38.1 Å². The van der Waals surface area contributed by atoms with Crippen molar-refractivity contribution in [1.29, 1.82) is 0 Å². The summed E-state index contributed by atoms with van der Waals surface area (Å²) >= 11 is 0. The molecular formula is C20H26O7. The van der Waals surface area contributed by atoms with Gasteiger partial charge in [0.1, 0.15) is 11.7 Å². The minimum atomic E-state index is -1.67. The van der Waals surface area contributed by atoms with Gasteiger partial charge in [-0.2, -0.15) is 0 Å². The lowest BCUT2D eigenvalue weighted by Crippen LogP contribution is -2.55. The van der Waals surface area contributed by atoms with E-state index in [0.29, 0.717) is 11.3 Å². The molecule has 0 spiro atoms. The fourth-order valence-electron chi connectivity index (χ4n) is 3.80. The summed E-state index contributed by atoms with van der Waals surface area (Å²) in [6.45, 7) is 4.92. The normalized spacial score (nSPS) is 27.7. The molecule has 0 aliphatic heterocycles. The second-order valence-corrected chi connectivity index (χ2v) is 6.73. The summed E-state index contributed by atoms with van der Waals surface area (Å²) in [5, 5.41) is 10.9. The molecule has 0 bridgehead atoms. The van der Waals surface area contributed by atoms with Crippen LogP contribution in [0.1, 0.15) is 38.7 Å². The summed E-state index contributed by atoms with van der Waals surface area (Å²) in [7, 11) is 1.46. The maximum absolute atomic E-state index is 12.8. The molecule has 0 amide bonds. The lowest BCUT2D eigenvalue weighted by molar-refractivity contribution is -0.172. The molecule has 0 heterocycles. The van der Waals surface area contributed by atoms with Crippen molar-refractivity contribution >= 4 is 17.7 Å². The molecule has 0 saturated heterocycles. The van der Waals surface area contributed by atoms with E-state index in [1.807, 2.05) is 0 Å². The third-order valence-corrected chi connectivity index (χ3v) is 4.85. The topological polar surface area (TPSA) is 99.1 Å². The van der Waals surface area contributed by atoms with Crippen LogP contribution in [0.3, 0.4) is 0 Å². The Bertz CT molecular complexity index is 710. The highest BCUT2D eigenvalue weighted by Crippen LogP contribution is 2.48. The molecule has 0 radical (unpaired) electrons. The molecule has 0 aromatic heterocycles. The average molecular weight is 378 g/mol. The molecule has 1 saturated carbocycles. The average Bonchev–Trinajstić information content (AvgIpc) is 2.60. The van der Waals surface area contributed by atoms with Crippen molar-refractivity contribution in [1.82, 2.24) is 0 Å². The number of methoxy groups -OCH3 is 1. The first-order chi connectivity index (χ1) is 12.8. The van der Waals surface area contributed by atoms with Crippen LogP contribution in [0.5, 0.6) is 5.75 Å². The minimum absolute atomic E-state index is 0.0989. The predicted octanol–water partition coefficient (Wildman–Crippen LogP) is 1.86. The van der Waals surface area contributed by atoms with E-state index in [1.165, 1.54) is 14.0 Å². The van der Waals surface area contributed by atoms with Gasteiger partial charge >= 0.3 is 11.9 Å². The zero-order valence-corrected chi connectivity index (χ0v) is 16.1. The van der Waals surface area contributed by atoms with Crippen molar-refractivity contribution in [2.75, 3.05) is 20.3 Å². The van der Waals surface area contributed by atoms with Crippen LogP contribution in [-0.2, 0) is 23.9 Å². The smallest absolute Gasteiger partial charge is 0.317 e. The van der Waals surface area contributed by atoms with Crippen molar-refractivity contribution in [3.63, 3.8) is 0 Å².